The molecule has 1 N–H and O–H groups in total. The molecule has 3 heteroatoms. The Kier molecular flexibility index (Phi) is 1.45. The Morgan fingerprint density at radius 2 is 1.86 bits per heavy atom. The second-order valence-electron chi connectivity index (χ2n) is 5.35. The number of aliphatic hydroxyl groups excluding tert-OH is 1. The lowest BCUT2D eigenvalue weighted by Gasteiger charge is -2.41. The molecule has 0 aromatic heterocycles. The van der Waals surface area contributed by atoms with Crippen molar-refractivity contribution in [1.29, 1.82) is 0 Å². The van der Waals surface area contributed by atoms with Crippen molar-refractivity contribution in [1.82, 2.24) is 0 Å². The normalized spacial score (nSPS) is 64.5. The van der Waals surface area contributed by atoms with Crippen molar-refractivity contribution in [2.75, 3.05) is 6.61 Å². The van der Waals surface area contributed by atoms with Crippen LogP contribution in [0.25, 0.3) is 0 Å². The van der Waals surface area contributed by atoms with Crippen LogP contribution in [0.2, 0.25) is 0 Å². The summed E-state index contributed by atoms with van der Waals surface area (Å²) in [5.41, 5.74) is 0. The van der Waals surface area contributed by atoms with Crippen LogP contribution in [-0.4, -0.2) is 30.2 Å². The van der Waals surface area contributed by atoms with E-state index in [4.69, 9.17) is 9.47 Å². The third kappa shape index (κ3) is 0.802. The molecule has 3 nitrogen and oxygen atoms in total. The van der Waals surface area contributed by atoms with Crippen molar-refractivity contribution in [2.24, 2.45) is 23.7 Å². The highest BCUT2D eigenvalue weighted by Gasteiger charge is 2.60. The van der Waals surface area contributed by atoms with Gasteiger partial charge in [0.1, 0.15) is 6.10 Å². The zero-order valence-electron chi connectivity index (χ0n) is 8.13. The first-order valence-corrected chi connectivity index (χ1v) is 5.80. The number of hydrogen-bond acceptors (Lipinski definition) is 3. The van der Waals surface area contributed by atoms with E-state index in [1.54, 1.807) is 0 Å². The van der Waals surface area contributed by atoms with E-state index in [0.29, 0.717) is 18.4 Å². The summed E-state index contributed by atoms with van der Waals surface area (Å²) >= 11 is 0. The molecular weight excluding hydrogens is 180 g/mol. The SMILES string of the molecule is O[C@@H]1[C@H]2[C@H]3CC[C@H](C3)[C@H]2[C@@H]2OC[C@H]1O2. The largest absolute Gasteiger partial charge is 0.390 e. The summed E-state index contributed by atoms with van der Waals surface area (Å²) in [5.74, 6) is 2.52. The number of ether oxygens (including phenoxy) is 2. The van der Waals surface area contributed by atoms with Crippen LogP contribution in [0.4, 0.5) is 0 Å². The average Bonchev–Trinajstić information content (AvgIpc) is 2.89. The molecule has 0 unspecified atom stereocenters. The van der Waals surface area contributed by atoms with E-state index in [1.807, 2.05) is 0 Å². The van der Waals surface area contributed by atoms with E-state index in [2.05, 4.69) is 0 Å². The van der Waals surface area contributed by atoms with Gasteiger partial charge in [-0.2, -0.15) is 0 Å². The van der Waals surface area contributed by atoms with Crippen LogP contribution < -0.4 is 0 Å². The Morgan fingerprint density at radius 1 is 1.07 bits per heavy atom. The summed E-state index contributed by atoms with van der Waals surface area (Å²) in [6.07, 6.45) is 3.69. The minimum absolute atomic E-state index is 0.0173. The Bertz CT molecular complexity index is 257. The molecule has 4 aliphatic rings. The van der Waals surface area contributed by atoms with Crippen LogP contribution in [0.1, 0.15) is 19.3 Å². The van der Waals surface area contributed by atoms with Gasteiger partial charge in [0.15, 0.2) is 6.29 Å². The number of rotatable bonds is 0. The highest BCUT2D eigenvalue weighted by molar-refractivity contribution is 5.05. The van der Waals surface area contributed by atoms with Gasteiger partial charge in [0, 0.05) is 5.92 Å². The third-order valence-electron chi connectivity index (χ3n) is 4.87. The van der Waals surface area contributed by atoms with Gasteiger partial charge in [0.25, 0.3) is 0 Å². The maximum absolute atomic E-state index is 10.2. The zero-order chi connectivity index (χ0) is 9.28. The molecular formula is C11H16O3. The molecule has 78 valence electrons. The van der Waals surface area contributed by atoms with Gasteiger partial charge in [0.05, 0.1) is 12.7 Å². The summed E-state index contributed by atoms with van der Waals surface area (Å²) in [5, 5.41) is 10.2. The van der Waals surface area contributed by atoms with Crippen LogP contribution >= 0.6 is 0 Å². The molecule has 2 saturated carbocycles. The predicted octanol–water partition coefficient (Wildman–Crippen LogP) is 0.765. The van der Waals surface area contributed by atoms with Gasteiger partial charge < -0.3 is 14.6 Å². The lowest BCUT2D eigenvalue weighted by molar-refractivity contribution is -0.193. The van der Waals surface area contributed by atoms with E-state index in [0.717, 1.165) is 11.8 Å². The first kappa shape index (κ1) is 8.08. The van der Waals surface area contributed by atoms with Gasteiger partial charge in [-0.25, -0.2) is 0 Å². The van der Waals surface area contributed by atoms with Crippen molar-refractivity contribution >= 4 is 0 Å². The van der Waals surface area contributed by atoms with Crippen molar-refractivity contribution in [3.8, 4) is 0 Å². The Labute approximate surface area is 83.4 Å². The Morgan fingerprint density at radius 3 is 2.71 bits per heavy atom. The maximum Gasteiger partial charge on any atom is 0.161 e. The fraction of sp³-hybridized carbons (Fsp3) is 1.00. The smallest absolute Gasteiger partial charge is 0.161 e. The van der Waals surface area contributed by atoms with Crippen LogP contribution in [0.5, 0.6) is 0 Å². The zero-order valence-corrected chi connectivity index (χ0v) is 8.13. The average molecular weight is 196 g/mol. The summed E-state index contributed by atoms with van der Waals surface area (Å²) in [6, 6.07) is 0. The molecule has 2 saturated heterocycles. The molecule has 14 heavy (non-hydrogen) atoms. The highest BCUT2D eigenvalue weighted by Crippen LogP contribution is 2.58. The van der Waals surface area contributed by atoms with Crippen LogP contribution in [0.3, 0.4) is 0 Å². The number of aliphatic hydroxyl groups is 1. The molecule has 7 atom stereocenters. The van der Waals surface area contributed by atoms with E-state index in [1.165, 1.54) is 19.3 Å². The van der Waals surface area contributed by atoms with E-state index in [9.17, 15) is 5.11 Å². The van der Waals surface area contributed by atoms with Gasteiger partial charge in [-0.15, -0.1) is 0 Å². The molecule has 0 amide bonds. The standard InChI is InChI=1S/C11H16O3/c12-10-7-4-13-11(14-7)9-6-2-1-5(3-6)8(9)10/h5-12H,1-4H2/t5-,6+,7+,8-,9+,10-,11+/m0/s1. The molecule has 0 radical (unpaired) electrons. The van der Waals surface area contributed by atoms with Crippen LogP contribution in [-0.2, 0) is 9.47 Å². The molecule has 0 aromatic carbocycles. The highest BCUT2D eigenvalue weighted by atomic mass is 16.7. The molecule has 2 heterocycles. The van der Waals surface area contributed by atoms with Gasteiger partial charge in [-0.1, -0.05) is 0 Å². The predicted molar refractivity (Wildman–Crippen MR) is 48.4 cm³/mol. The first-order valence-electron chi connectivity index (χ1n) is 5.80. The van der Waals surface area contributed by atoms with Gasteiger partial charge in [-0.05, 0) is 37.0 Å². The molecule has 4 fully saturated rings. The summed E-state index contributed by atoms with van der Waals surface area (Å²) in [4.78, 5) is 0. The molecule has 2 aliphatic heterocycles. The minimum Gasteiger partial charge on any atom is -0.390 e. The first-order chi connectivity index (χ1) is 6.84. The number of hydrogen-bond donors (Lipinski definition) is 1. The van der Waals surface area contributed by atoms with Gasteiger partial charge >= 0.3 is 0 Å². The second kappa shape index (κ2) is 2.52. The Hall–Kier alpha value is -0.120. The minimum atomic E-state index is -0.256. The maximum atomic E-state index is 10.2. The fourth-order valence-electron chi connectivity index (χ4n) is 4.36. The summed E-state index contributed by atoms with van der Waals surface area (Å²) in [6.45, 7) is 0.609. The van der Waals surface area contributed by atoms with Gasteiger partial charge in [-0.3, -0.25) is 0 Å². The van der Waals surface area contributed by atoms with Crippen molar-refractivity contribution < 1.29 is 14.6 Å². The van der Waals surface area contributed by atoms with E-state index >= 15 is 0 Å². The van der Waals surface area contributed by atoms with Gasteiger partial charge in [0.2, 0.25) is 0 Å². The Balaban J connectivity index is 1.74. The topological polar surface area (TPSA) is 38.7 Å². The molecule has 2 aliphatic carbocycles. The van der Waals surface area contributed by atoms with Crippen LogP contribution in [0, 0.1) is 23.7 Å². The molecule has 0 spiro atoms. The lowest BCUT2D eigenvalue weighted by Crippen LogP contribution is -2.49. The van der Waals surface area contributed by atoms with Crippen molar-refractivity contribution in [3.05, 3.63) is 0 Å². The summed E-state index contributed by atoms with van der Waals surface area (Å²) < 4.78 is 11.3. The molecule has 0 aromatic rings. The second-order valence-corrected chi connectivity index (χ2v) is 5.35. The third-order valence-corrected chi connectivity index (χ3v) is 4.87. The van der Waals surface area contributed by atoms with Crippen molar-refractivity contribution in [2.45, 2.75) is 37.8 Å². The van der Waals surface area contributed by atoms with Crippen LogP contribution in [0.15, 0.2) is 0 Å². The van der Waals surface area contributed by atoms with Crippen molar-refractivity contribution in [3.63, 3.8) is 0 Å². The van der Waals surface area contributed by atoms with E-state index in [-0.39, 0.29) is 18.5 Å². The fourth-order valence-corrected chi connectivity index (χ4v) is 4.36. The lowest BCUT2D eigenvalue weighted by atomic mass is 9.73. The monoisotopic (exact) mass is 196 g/mol. The quantitative estimate of drug-likeness (QED) is 0.622. The van der Waals surface area contributed by atoms with E-state index < -0.39 is 0 Å². The molecule has 4 bridgehead atoms. The molecule has 4 rings (SSSR count). The summed E-state index contributed by atoms with van der Waals surface area (Å²) in [7, 11) is 0. The number of fused-ring (bicyclic) bond motifs is 8.